The van der Waals surface area contributed by atoms with Crippen molar-refractivity contribution in [2.75, 3.05) is 5.32 Å². The lowest BCUT2D eigenvalue weighted by molar-refractivity contribution is 0.102. The van der Waals surface area contributed by atoms with Crippen molar-refractivity contribution in [2.45, 2.75) is 6.92 Å². The topological polar surface area (TPSA) is 54.9 Å². The monoisotopic (exact) mass is 213 g/mol. The lowest BCUT2D eigenvalue weighted by Crippen LogP contribution is -2.12. The van der Waals surface area contributed by atoms with Crippen LogP contribution in [0.1, 0.15) is 16.2 Å². The van der Waals surface area contributed by atoms with Crippen LogP contribution in [0.3, 0.4) is 0 Å². The van der Waals surface area contributed by atoms with E-state index >= 15 is 0 Å². The molecule has 16 heavy (non-hydrogen) atoms. The molecule has 0 unspecified atom stereocenters. The number of benzene rings is 1. The zero-order valence-electron chi connectivity index (χ0n) is 8.84. The number of para-hydroxylation sites is 1. The van der Waals surface area contributed by atoms with Crippen molar-refractivity contribution < 1.29 is 4.79 Å². The van der Waals surface area contributed by atoms with E-state index < -0.39 is 0 Å². The molecule has 0 bridgehead atoms. The number of carbonyl (C=O) groups is 1. The van der Waals surface area contributed by atoms with Gasteiger partial charge >= 0.3 is 0 Å². The largest absolute Gasteiger partial charge is 0.322 e. The summed E-state index contributed by atoms with van der Waals surface area (Å²) in [5, 5.41) is 2.76. The fourth-order valence-corrected chi connectivity index (χ4v) is 1.23. The second-order valence-corrected chi connectivity index (χ2v) is 3.34. The Balaban J connectivity index is 2.12. The van der Waals surface area contributed by atoms with E-state index in [0.29, 0.717) is 11.4 Å². The van der Waals surface area contributed by atoms with Gasteiger partial charge in [0.15, 0.2) is 0 Å². The Morgan fingerprint density at radius 2 is 1.75 bits per heavy atom. The number of nitrogens with zero attached hydrogens (tertiary/aromatic N) is 2. The van der Waals surface area contributed by atoms with Gasteiger partial charge in [0.2, 0.25) is 0 Å². The Bertz CT molecular complexity index is 479. The van der Waals surface area contributed by atoms with Gasteiger partial charge in [0, 0.05) is 18.1 Å². The van der Waals surface area contributed by atoms with E-state index in [1.807, 2.05) is 30.3 Å². The molecule has 0 atom stereocenters. The first-order valence-corrected chi connectivity index (χ1v) is 4.91. The van der Waals surface area contributed by atoms with E-state index in [1.54, 1.807) is 6.92 Å². The summed E-state index contributed by atoms with van der Waals surface area (Å²) in [7, 11) is 0. The van der Waals surface area contributed by atoms with E-state index in [4.69, 9.17) is 0 Å². The smallest absolute Gasteiger partial charge is 0.258 e. The van der Waals surface area contributed by atoms with Crippen molar-refractivity contribution in [3.63, 3.8) is 0 Å². The van der Waals surface area contributed by atoms with E-state index in [1.165, 1.54) is 12.4 Å². The maximum absolute atomic E-state index is 11.7. The average molecular weight is 213 g/mol. The first-order valence-electron chi connectivity index (χ1n) is 4.91. The van der Waals surface area contributed by atoms with Gasteiger partial charge in [0.05, 0.1) is 5.56 Å². The molecule has 0 fully saturated rings. The van der Waals surface area contributed by atoms with Crippen molar-refractivity contribution in [3.8, 4) is 0 Å². The summed E-state index contributed by atoms with van der Waals surface area (Å²) in [6.07, 6.45) is 3.03. The maximum Gasteiger partial charge on any atom is 0.258 e. The molecule has 1 aromatic heterocycles. The molecule has 1 N–H and O–H groups in total. The minimum absolute atomic E-state index is 0.203. The number of aryl methyl sites for hydroxylation is 1. The molecule has 2 rings (SSSR count). The van der Waals surface area contributed by atoms with Gasteiger partial charge in [-0.2, -0.15) is 0 Å². The van der Waals surface area contributed by atoms with Crippen LogP contribution in [0.2, 0.25) is 0 Å². The van der Waals surface area contributed by atoms with Gasteiger partial charge in [-0.15, -0.1) is 0 Å². The Hall–Kier alpha value is -2.23. The summed E-state index contributed by atoms with van der Waals surface area (Å²) in [4.78, 5) is 19.7. The second kappa shape index (κ2) is 4.53. The molecular weight excluding hydrogens is 202 g/mol. The number of hydrogen-bond donors (Lipinski definition) is 1. The predicted molar refractivity (Wildman–Crippen MR) is 61.2 cm³/mol. The second-order valence-electron chi connectivity index (χ2n) is 3.34. The molecule has 0 aliphatic heterocycles. The number of carbonyl (C=O) groups excluding carboxylic acids is 1. The van der Waals surface area contributed by atoms with Crippen molar-refractivity contribution in [2.24, 2.45) is 0 Å². The van der Waals surface area contributed by atoms with E-state index in [0.717, 1.165) is 5.69 Å². The average Bonchev–Trinajstić information content (AvgIpc) is 2.31. The molecule has 0 aliphatic rings. The van der Waals surface area contributed by atoms with E-state index in [-0.39, 0.29) is 5.91 Å². The summed E-state index contributed by atoms with van der Waals surface area (Å²) in [6.45, 7) is 1.78. The third-order valence-corrected chi connectivity index (χ3v) is 2.07. The third kappa shape index (κ3) is 2.42. The standard InChI is InChI=1S/C12H11N3O/c1-9-13-7-10(8-14-9)12(16)15-11-5-3-2-4-6-11/h2-8H,1H3,(H,15,16). The highest BCUT2D eigenvalue weighted by molar-refractivity contribution is 6.03. The minimum atomic E-state index is -0.203. The van der Waals surface area contributed by atoms with Crippen molar-refractivity contribution in [3.05, 3.63) is 54.1 Å². The fraction of sp³-hybridized carbons (Fsp3) is 0.0833. The lowest BCUT2D eigenvalue weighted by Gasteiger charge is -2.03. The molecule has 1 aromatic carbocycles. The summed E-state index contributed by atoms with van der Waals surface area (Å²) in [6, 6.07) is 9.27. The summed E-state index contributed by atoms with van der Waals surface area (Å²) in [5.41, 5.74) is 1.21. The van der Waals surface area contributed by atoms with E-state index in [2.05, 4.69) is 15.3 Å². The Labute approximate surface area is 93.4 Å². The molecule has 1 heterocycles. The molecule has 0 saturated heterocycles. The summed E-state index contributed by atoms with van der Waals surface area (Å²) in [5.74, 6) is 0.447. The van der Waals surface area contributed by atoms with Crippen molar-refractivity contribution >= 4 is 11.6 Å². The highest BCUT2D eigenvalue weighted by atomic mass is 16.1. The number of amides is 1. The number of anilines is 1. The number of hydrogen-bond acceptors (Lipinski definition) is 3. The van der Waals surface area contributed by atoms with Crippen LogP contribution in [0.4, 0.5) is 5.69 Å². The first kappa shape index (κ1) is 10.3. The molecule has 0 aliphatic carbocycles. The highest BCUT2D eigenvalue weighted by Crippen LogP contribution is 2.07. The van der Waals surface area contributed by atoms with Crippen LogP contribution in [-0.4, -0.2) is 15.9 Å². The van der Waals surface area contributed by atoms with Crippen LogP contribution in [0.5, 0.6) is 0 Å². The van der Waals surface area contributed by atoms with Gasteiger partial charge < -0.3 is 5.32 Å². The Morgan fingerprint density at radius 1 is 1.12 bits per heavy atom. The minimum Gasteiger partial charge on any atom is -0.322 e. The zero-order valence-corrected chi connectivity index (χ0v) is 8.84. The van der Waals surface area contributed by atoms with Crippen LogP contribution >= 0.6 is 0 Å². The summed E-state index contributed by atoms with van der Waals surface area (Å²) >= 11 is 0. The van der Waals surface area contributed by atoms with Gasteiger partial charge in [0.25, 0.3) is 5.91 Å². The number of aromatic nitrogens is 2. The van der Waals surface area contributed by atoms with Crippen molar-refractivity contribution in [1.82, 2.24) is 9.97 Å². The SMILES string of the molecule is Cc1ncc(C(=O)Nc2ccccc2)cn1. The summed E-state index contributed by atoms with van der Waals surface area (Å²) < 4.78 is 0. The molecule has 0 spiro atoms. The Kier molecular flexibility index (Phi) is 2.91. The molecule has 0 radical (unpaired) electrons. The molecular formula is C12H11N3O. The Morgan fingerprint density at radius 3 is 2.38 bits per heavy atom. The normalized spacial score (nSPS) is 9.81. The van der Waals surface area contributed by atoms with Gasteiger partial charge in [-0.1, -0.05) is 18.2 Å². The quantitative estimate of drug-likeness (QED) is 0.830. The molecule has 1 amide bonds. The molecule has 4 nitrogen and oxygen atoms in total. The van der Waals surface area contributed by atoms with Crippen LogP contribution < -0.4 is 5.32 Å². The number of rotatable bonds is 2. The molecule has 0 saturated carbocycles. The van der Waals surface area contributed by atoms with Crippen molar-refractivity contribution in [1.29, 1.82) is 0 Å². The first-order chi connectivity index (χ1) is 7.75. The molecule has 4 heteroatoms. The van der Waals surface area contributed by atoms with Crippen LogP contribution in [-0.2, 0) is 0 Å². The van der Waals surface area contributed by atoms with Crippen LogP contribution in [0, 0.1) is 6.92 Å². The van der Waals surface area contributed by atoms with Gasteiger partial charge in [-0.05, 0) is 19.1 Å². The highest BCUT2D eigenvalue weighted by Gasteiger charge is 2.06. The fourth-order valence-electron chi connectivity index (χ4n) is 1.23. The number of nitrogens with one attached hydrogen (secondary N) is 1. The van der Waals surface area contributed by atoms with Gasteiger partial charge in [-0.3, -0.25) is 4.79 Å². The molecule has 2 aromatic rings. The zero-order chi connectivity index (χ0) is 11.4. The predicted octanol–water partition coefficient (Wildman–Crippen LogP) is 2.04. The third-order valence-electron chi connectivity index (χ3n) is 2.07. The lowest BCUT2D eigenvalue weighted by atomic mass is 10.3. The van der Waals surface area contributed by atoms with Gasteiger partial charge in [-0.25, -0.2) is 9.97 Å². The maximum atomic E-state index is 11.7. The van der Waals surface area contributed by atoms with Crippen LogP contribution in [0.15, 0.2) is 42.7 Å². The van der Waals surface area contributed by atoms with Gasteiger partial charge in [0.1, 0.15) is 5.82 Å². The van der Waals surface area contributed by atoms with Crippen LogP contribution in [0.25, 0.3) is 0 Å². The molecule has 80 valence electrons. The van der Waals surface area contributed by atoms with E-state index in [9.17, 15) is 4.79 Å².